The van der Waals surface area contributed by atoms with E-state index in [0.29, 0.717) is 5.09 Å². The third-order valence-electron chi connectivity index (χ3n) is 3.88. The minimum atomic E-state index is -1.15. The fourth-order valence-corrected chi connectivity index (χ4v) is 3.90. The minimum Gasteiger partial charge on any atom is -0.475 e. The molecule has 2 amide bonds. The normalized spacial score (nSPS) is 23.2. The van der Waals surface area contributed by atoms with Gasteiger partial charge in [-0.3, -0.25) is 14.5 Å². The number of hydrogen-bond donors (Lipinski definition) is 1. The van der Waals surface area contributed by atoms with E-state index in [2.05, 4.69) is 0 Å². The van der Waals surface area contributed by atoms with Crippen molar-refractivity contribution in [2.45, 2.75) is 48.5 Å². The van der Waals surface area contributed by atoms with E-state index in [1.54, 1.807) is 0 Å². The molecule has 0 radical (unpaired) electrons. The molecule has 0 aromatic carbocycles. The molecular weight excluding hydrogens is 294 g/mol. The van der Waals surface area contributed by atoms with Crippen LogP contribution in [0.25, 0.3) is 0 Å². The lowest BCUT2D eigenvalue weighted by Gasteiger charge is -2.21. The molecule has 1 saturated carbocycles. The average Bonchev–Trinajstić information content (AvgIpc) is 3.12. The molecule has 2 heterocycles. The Morgan fingerprint density at radius 3 is 2.62 bits per heavy atom. The fraction of sp³-hybridized carbons (Fsp3) is 0.500. The van der Waals surface area contributed by atoms with Crippen LogP contribution >= 0.6 is 11.8 Å². The van der Waals surface area contributed by atoms with E-state index in [1.807, 2.05) is 0 Å². The molecule has 1 aromatic rings. The molecule has 7 heteroatoms. The van der Waals surface area contributed by atoms with Gasteiger partial charge in [-0.25, -0.2) is 4.79 Å². The van der Waals surface area contributed by atoms with Crippen molar-refractivity contribution >= 4 is 29.5 Å². The average molecular weight is 309 g/mol. The van der Waals surface area contributed by atoms with Crippen LogP contribution in [0.2, 0.25) is 0 Å². The maximum atomic E-state index is 12.4. The molecule has 0 bridgehead atoms. The van der Waals surface area contributed by atoms with E-state index >= 15 is 0 Å². The van der Waals surface area contributed by atoms with Crippen molar-refractivity contribution in [1.29, 1.82) is 0 Å². The SMILES string of the molecule is O=C(O)c1ccc(SC2CC(=O)N(C3CCCC3)C2=O)o1. The van der Waals surface area contributed by atoms with Gasteiger partial charge in [-0.2, -0.15) is 0 Å². The van der Waals surface area contributed by atoms with Crippen LogP contribution in [0.3, 0.4) is 0 Å². The molecule has 1 unspecified atom stereocenters. The van der Waals surface area contributed by atoms with Gasteiger partial charge in [0.15, 0.2) is 5.09 Å². The molecule has 1 atom stereocenters. The number of likely N-dealkylation sites (tertiary alicyclic amines) is 1. The highest BCUT2D eigenvalue weighted by Crippen LogP contribution is 2.36. The van der Waals surface area contributed by atoms with Crippen molar-refractivity contribution < 1.29 is 23.9 Å². The number of carbonyl (C=O) groups is 3. The van der Waals surface area contributed by atoms with Crippen LogP contribution in [-0.4, -0.2) is 39.1 Å². The molecule has 1 N–H and O–H groups in total. The van der Waals surface area contributed by atoms with E-state index in [9.17, 15) is 14.4 Å². The van der Waals surface area contributed by atoms with Crippen molar-refractivity contribution in [1.82, 2.24) is 4.90 Å². The van der Waals surface area contributed by atoms with Gasteiger partial charge in [-0.05, 0) is 25.0 Å². The highest BCUT2D eigenvalue weighted by Gasteiger charge is 2.43. The van der Waals surface area contributed by atoms with Crippen LogP contribution in [-0.2, 0) is 9.59 Å². The van der Waals surface area contributed by atoms with Crippen LogP contribution in [0.5, 0.6) is 0 Å². The van der Waals surface area contributed by atoms with Gasteiger partial charge in [-0.15, -0.1) is 0 Å². The van der Waals surface area contributed by atoms with Crippen LogP contribution < -0.4 is 0 Å². The summed E-state index contributed by atoms with van der Waals surface area (Å²) < 4.78 is 5.13. The number of aromatic carboxylic acids is 1. The van der Waals surface area contributed by atoms with Gasteiger partial charge in [0.1, 0.15) is 5.25 Å². The molecule has 112 valence electrons. The van der Waals surface area contributed by atoms with Crippen molar-refractivity contribution in [3.63, 3.8) is 0 Å². The van der Waals surface area contributed by atoms with Gasteiger partial charge in [0.05, 0.1) is 0 Å². The lowest BCUT2D eigenvalue weighted by Crippen LogP contribution is -2.39. The number of hydrogen-bond acceptors (Lipinski definition) is 5. The summed E-state index contributed by atoms with van der Waals surface area (Å²) in [6, 6.07) is 2.91. The Kier molecular flexibility index (Phi) is 3.75. The zero-order chi connectivity index (χ0) is 15.0. The maximum absolute atomic E-state index is 12.4. The van der Waals surface area contributed by atoms with E-state index in [0.717, 1.165) is 37.4 Å². The number of rotatable bonds is 4. The first kappa shape index (κ1) is 14.2. The predicted molar refractivity (Wildman–Crippen MR) is 74.0 cm³/mol. The lowest BCUT2D eigenvalue weighted by atomic mass is 10.2. The summed E-state index contributed by atoms with van der Waals surface area (Å²) in [7, 11) is 0. The minimum absolute atomic E-state index is 0.0433. The zero-order valence-electron chi connectivity index (χ0n) is 11.3. The topological polar surface area (TPSA) is 87.8 Å². The summed E-state index contributed by atoms with van der Waals surface area (Å²) in [6.07, 6.45) is 4.04. The molecule has 21 heavy (non-hydrogen) atoms. The largest absolute Gasteiger partial charge is 0.475 e. The number of carboxylic acid groups (broad SMARTS) is 1. The third-order valence-corrected chi connectivity index (χ3v) is 4.99. The van der Waals surface area contributed by atoms with Gasteiger partial charge in [0, 0.05) is 12.5 Å². The van der Waals surface area contributed by atoms with Crippen molar-refractivity contribution in [2.24, 2.45) is 0 Å². The maximum Gasteiger partial charge on any atom is 0.371 e. The molecule has 2 fully saturated rings. The summed E-state index contributed by atoms with van der Waals surface area (Å²) in [6.45, 7) is 0. The van der Waals surface area contributed by atoms with Gasteiger partial charge < -0.3 is 9.52 Å². The molecule has 1 aromatic heterocycles. The summed E-state index contributed by atoms with van der Waals surface area (Å²) in [5.74, 6) is -1.62. The smallest absolute Gasteiger partial charge is 0.371 e. The molecule has 6 nitrogen and oxygen atoms in total. The predicted octanol–water partition coefficient (Wildman–Crippen LogP) is 2.14. The molecule has 1 aliphatic carbocycles. The van der Waals surface area contributed by atoms with Crippen molar-refractivity contribution in [3.05, 3.63) is 17.9 Å². The van der Waals surface area contributed by atoms with Crippen molar-refractivity contribution in [2.75, 3.05) is 0 Å². The molecule has 1 saturated heterocycles. The quantitative estimate of drug-likeness (QED) is 0.857. The van der Waals surface area contributed by atoms with Crippen LogP contribution in [0, 0.1) is 0 Å². The Hall–Kier alpha value is -1.76. The van der Waals surface area contributed by atoms with Crippen molar-refractivity contribution in [3.8, 4) is 0 Å². The standard InChI is InChI=1S/C14H15NO5S/c16-11-7-10(13(17)15(11)8-3-1-2-4-8)21-12-6-5-9(20-12)14(18)19/h5-6,8,10H,1-4,7H2,(H,18,19). The molecule has 2 aliphatic rings. The van der Waals surface area contributed by atoms with Gasteiger partial charge in [-0.1, -0.05) is 24.6 Å². The second kappa shape index (κ2) is 5.55. The number of amides is 2. The Balaban J connectivity index is 1.70. The van der Waals surface area contributed by atoms with Gasteiger partial charge in [0.25, 0.3) is 0 Å². The number of furan rings is 1. The van der Waals surface area contributed by atoms with Crippen LogP contribution in [0.4, 0.5) is 0 Å². The van der Waals surface area contributed by atoms with E-state index in [-0.39, 0.29) is 30.0 Å². The summed E-state index contributed by atoms with van der Waals surface area (Å²) in [4.78, 5) is 36.6. The van der Waals surface area contributed by atoms with E-state index < -0.39 is 11.2 Å². The Bertz CT molecular complexity index is 590. The molecule has 3 rings (SSSR count). The number of carbonyl (C=O) groups excluding carboxylic acids is 2. The van der Waals surface area contributed by atoms with Gasteiger partial charge >= 0.3 is 5.97 Å². The highest BCUT2D eigenvalue weighted by atomic mass is 32.2. The number of thioether (sulfide) groups is 1. The highest BCUT2D eigenvalue weighted by molar-refractivity contribution is 8.00. The summed E-state index contributed by atoms with van der Waals surface area (Å²) >= 11 is 1.12. The van der Waals surface area contributed by atoms with E-state index in [1.165, 1.54) is 17.0 Å². The Labute approximate surface area is 125 Å². The Morgan fingerprint density at radius 2 is 2.00 bits per heavy atom. The second-order valence-corrected chi connectivity index (χ2v) is 6.48. The van der Waals surface area contributed by atoms with E-state index in [4.69, 9.17) is 9.52 Å². The monoisotopic (exact) mass is 309 g/mol. The second-order valence-electron chi connectivity index (χ2n) is 5.27. The number of carboxylic acids is 1. The molecule has 1 aliphatic heterocycles. The third kappa shape index (κ3) is 2.70. The van der Waals surface area contributed by atoms with Crippen LogP contribution in [0.1, 0.15) is 42.7 Å². The number of nitrogens with zero attached hydrogens (tertiary/aromatic N) is 1. The summed E-state index contributed by atoms with van der Waals surface area (Å²) in [5, 5.41) is 8.65. The molecule has 0 spiro atoms. The first-order valence-electron chi connectivity index (χ1n) is 6.92. The zero-order valence-corrected chi connectivity index (χ0v) is 12.1. The van der Waals surface area contributed by atoms with Gasteiger partial charge in [0.2, 0.25) is 17.6 Å². The first-order chi connectivity index (χ1) is 10.1. The first-order valence-corrected chi connectivity index (χ1v) is 7.80. The molecular formula is C14H15NO5S. The number of imide groups is 1. The fourth-order valence-electron chi connectivity index (χ4n) is 2.90. The lowest BCUT2D eigenvalue weighted by molar-refractivity contribution is -0.140. The van der Waals surface area contributed by atoms with Crippen LogP contribution in [0.15, 0.2) is 21.6 Å². The summed E-state index contributed by atoms with van der Waals surface area (Å²) in [5.41, 5.74) is 0. The Morgan fingerprint density at radius 1 is 1.29 bits per heavy atom.